The van der Waals surface area contributed by atoms with Gasteiger partial charge >= 0.3 is 0 Å². The Balaban J connectivity index is 2.89. The zero-order valence-corrected chi connectivity index (χ0v) is 11.9. The first-order chi connectivity index (χ1) is 9.40. The van der Waals surface area contributed by atoms with Gasteiger partial charge in [0.1, 0.15) is 11.5 Å². The highest BCUT2D eigenvalue weighted by molar-refractivity contribution is 6.31. The van der Waals surface area contributed by atoms with E-state index in [1.54, 1.807) is 4.90 Å². The fourth-order valence-corrected chi connectivity index (χ4v) is 1.85. The van der Waals surface area contributed by atoms with Crippen molar-refractivity contribution in [2.45, 2.75) is 13.8 Å². The summed E-state index contributed by atoms with van der Waals surface area (Å²) in [7, 11) is 0. The van der Waals surface area contributed by atoms with E-state index < -0.39 is 10.7 Å². The van der Waals surface area contributed by atoms with Crippen molar-refractivity contribution in [2.24, 2.45) is 0 Å². The summed E-state index contributed by atoms with van der Waals surface area (Å²) >= 11 is 5.51. The van der Waals surface area contributed by atoms with E-state index in [4.69, 9.17) is 11.6 Å². The Morgan fingerprint density at radius 2 is 2.05 bits per heavy atom. The molecule has 0 atom stereocenters. The largest absolute Gasteiger partial charge is 0.370 e. The van der Waals surface area contributed by atoms with Crippen LogP contribution in [0.4, 0.5) is 15.8 Å². The van der Waals surface area contributed by atoms with E-state index in [0.29, 0.717) is 13.1 Å². The molecule has 0 aliphatic carbocycles. The van der Waals surface area contributed by atoms with E-state index in [0.717, 1.165) is 12.1 Å². The number of nitro groups is 1. The second-order valence-corrected chi connectivity index (χ2v) is 4.37. The molecular formula is C12H15ClFN3O3. The van der Waals surface area contributed by atoms with Gasteiger partial charge in [0.25, 0.3) is 5.69 Å². The molecule has 0 saturated heterocycles. The zero-order chi connectivity index (χ0) is 15.3. The van der Waals surface area contributed by atoms with E-state index in [9.17, 15) is 19.3 Å². The number of carbonyl (C=O) groups is 1. The fourth-order valence-electron chi connectivity index (χ4n) is 1.69. The van der Waals surface area contributed by atoms with Crippen LogP contribution in [0.2, 0.25) is 5.02 Å². The number of carbonyl (C=O) groups excluding carboxylic acids is 1. The highest BCUT2D eigenvalue weighted by Gasteiger charge is 2.19. The van der Waals surface area contributed by atoms with Crippen molar-refractivity contribution in [1.82, 2.24) is 4.90 Å². The maximum Gasteiger partial charge on any atom is 0.294 e. The number of nitrogens with zero attached hydrogens (tertiary/aromatic N) is 2. The van der Waals surface area contributed by atoms with Gasteiger partial charge in [-0.3, -0.25) is 14.9 Å². The maximum absolute atomic E-state index is 13.3. The first kappa shape index (κ1) is 16.2. The molecule has 20 heavy (non-hydrogen) atoms. The van der Waals surface area contributed by atoms with Crippen molar-refractivity contribution in [3.63, 3.8) is 0 Å². The second-order valence-electron chi connectivity index (χ2n) is 3.96. The number of anilines is 1. The normalized spacial score (nSPS) is 10.2. The molecule has 0 bridgehead atoms. The molecule has 0 spiro atoms. The van der Waals surface area contributed by atoms with Crippen molar-refractivity contribution < 1.29 is 14.1 Å². The van der Waals surface area contributed by atoms with Crippen LogP contribution >= 0.6 is 11.6 Å². The second kappa shape index (κ2) is 7.04. The molecule has 0 saturated carbocycles. The number of halogens is 2. The van der Waals surface area contributed by atoms with Gasteiger partial charge in [-0.2, -0.15) is 0 Å². The van der Waals surface area contributed by atoms with Gasteiger partial charge in [-0.05, 0) is 13.8 Å². The number of nitrogens with one attached hydrogen (secondary N) is 1. The molecule has 110 valence electrons. The maximum atomic E-state index is 13.3. The Kier molecular flexibility index (Phi) is 5.69. The van der Waals surface area contributed by atoms with Gasteiger partial charge < -0.3 is 10.2 Å². The summed E-state index contributed by atoms with van der Waals surface area (Å²) < 4.78 is 13.3. The molecule has 0 radical (unpaired) electrons. The summed E-state index contributed by atoms with van der Waals surface area (Å²) in [5.74, 6) is -1.00. The summed E-state index contributed by atoms with van der Waals surface area (Å²) in [6.07, 6.45) is 0. The van der Waals surface area contributed by atoms with Crippen LogP contribution in [0.3, 0.4) is 0 Å². The van der Waals surface area contributed by atoms with Gasteiger partial charge in [0.05, 0.1) is 16.5 Å². The molecule has 0 fully saturated rings. The summed E-state index contributed by atoms with van der Waals surface area (Å²) in [4.78, 5) is 23.5. The van der Waals surface area contributed by atoms with Crippen LogP contribution in [0.15, 0.2) is 12.1 Å². The van der Waals surface area contributed by atoms with E-state index in [2.05, 4.69) is 5.32 Å². The molecule has 0 heterocycles. The lowest BCUT2D eigenvalue weighted by atomic mass is 10.2. The number of hydrogen-bond acceptors (Lipinski definition) is 4. The Hall–Kier alpha value is -1.89. The van der Waals surface area contributed by atoms with Crippen LogP contribution in [-0.4, -0.2) is 35.4 Å². The third-order valence-electron chi connectivity index (χ3n) is 2.78. The monoisotopic (exact) mass is 303 g/mol. The highest BCUT2D eigenvalue weighted by atomic mass is 35.5. The zero-order valence-electron chi connectivity index (χ0n) is 11.2. The van der Waals surface area contributed by atoms with E-state index >= 15 is 0 Å². The van der Waals surface area contributed by atoms with Crippen LogP contribution in [0, 0.1) is 15.9 Å². The number of benzene rings is 1. The predicted octanol–water partition coefficient (Wildman–Crippen LogP) is 2.67. The first-order valence-corrected chi connectivity index (χ1v) is 6.43. The Bertz CT molecular complexity index is 521. The van der Waals surface area contributed by atoms with Crippen LogP contribution < -0.4 is 5.32 Å². The quantitative estimate of drug-likeness (QED) is 0.647. The average molecular weight is 304 g/mol. The smallest absolute Gasteiger partial charge is 0.294 e. The first-order valence-electron chi connectivity index (χ1n) is 6.05. The van der Waals surface area contributed by atoms with Crippen molar-refractivity contribution in [1.29, 1.82) is 0 Å². The summed E-state index contributed by atoms with van der Waals surface area (Å²) in [6, 6.07) is 1.83. The standard InChI is InChI=1S/C12H15ClFN3O3/c1-3-16(4-2)12(18)7-15-10-6-9(14)8(13)5-11(10)17(19)20/h5-6,15H,3-4,7H2,1-2H3. The van der Waals surface area contributed by atoms with E-state index in [-0.39, 0.29) is 28.8 Å². The minimum atomic E-state index is -0.782. The van der Waals surface area contributed by atoms with Gasteiger partial charge in [0.15, 0.2) is 0 Å². The molecule has 0 aliphatic heterocycles. The van der Waals surface area contributed by atoms with Crippen LogP contribution in [0.5, 0.6) is 0 Å². The van der Waals surface area contributed by atoms with Gasteiger partial charge in [0.2, 0.25) is 5.91 Å². The molecule has 8 heteroatoms. The average Bonchev–Trinajstić information content (AvgIpc) is 2.40. The lowest BCUT2D eigenvalue weighted by Gasteiger charge is -2.19. The highest BCUT2D eigenvalue weighted by Crippen LogP contribution is 2.30. The predicted molar refractivity (Wildman–Crippen MR) is 74.5 cm³/mol. The third kappa shape index (κ3) is 3.80. The van der Waals surface area contributed by atoms with Crippen LogP contribution in [-0.2, 0) is 4.79 Å². The topological polar surface area (TPSA) is 75.5 Å². The van der Waals surface area contributed by atoms with Gasteiger partial charge in [-0.1, -0.05) is 11.6 Å². The molecule has 0 aliphatic rings. The minimum absolute atomic E-state index is 0.0718. The van der Waals surface area contributed by atoms with Crippen LogP contribution in [0.25, 0.3) is 0 Å². The van der Waals surface area contributed by atoms with Crippen molar-refractivity contribution in [2.75, 3.05) is 25.0 Å². The SMILES string of the molecule is CCN(CC)C(=O)CNc1cc(F)c(Cl)cc1[N+](=O)[O-]. The molecule has 0 unspecified atom stereocenters. The summed E-state index contributed by atoms with van der Waals surface area (Å²) in [5.41, 5.74) is -0.443. The minimum Gasteiger partial charge on any atom is -0.370 e. The van der Waals surface area contributed by atoms with E-state index in [1.165, 1.54) is 0 Å². The molecule has 1 amide bonds. The Labute approximate surface area is 120 Å². The molecule has 6 nitrogen and oxygen atoms in total. The summed E-state index contributed by atoms with van der Waals surface area (Å²) in [5, 5.41) is 13.1. The number of hydrogen-bond donors (Lipinski definition) is 1. The molecular weight excluding hydrogens is 289 g/mol. The molecule has 1 aromatic carbocycles. The Morgan fingerprint density at radius 3 is 2.55 bits per heavy atom. The fraction of sp³-hybridized carbons (Fsp3) is 0.417. The number of nitro benzene ring substituents is 1. The van der Waals surface area contributed by atoms with Gasteiger partial charge in [0, 0.05) is 25.2 Å². The van der Waals surface area contributed by atoms with Crippen molar-refractivity contribution in [3.8, 4) is 0 Å². The third-order valence-corrected chi connectivity index (χ3v) is 3.07. The van der Waals surface area contributed by atoms with Crippen molar-refractivity contribution >= 4 is 28.9 Å². The number of rotatable bonds is 6. The molecule has 0 aromatic heterocycles. The van der Waals surface area contributed by atoms with Crippen molar-refractivity contribution in [3.05, 3.63) is 33.1 Å². The lowest BCUT2D eigenvalue weighted by Crippen LogP contribution is -2.35. The molecule has 1 N–H and O–H groups in total. The number of likely N-dealkylation sites (N-methyl/N-ethyl adjacent to an activating group) is 1. The molecule has 1 rings (SSSR count). The van der Waals surface area contributed by atoms with E-state index in [1.807, 2.05) is 13.8 Å². The van der Waals surface area contributed by atoms with Crippen LogP contribution in [0.1, 0.15) is 13.8 Å². The van der Waals surface area contributed by atoms with Gasteiger partial charge in [-0.25, -0.2) is 4.39 Å². The van der Waals surface area contributed by atoms with Gasteiger partial charge in [-0.15, -0.1) is 0 Å². The summed E-state index contributed by atoms with van der Waals surface area (Å²) in [6.45, 7) is 4.57. The lowest BCUT2D eigenvalue weighted by molar-refractivity contribution is -0.384. The Morgan fingerprint density at radius 1 is 1.45 bits per heavy atom. The number of amides is 1. The molecule has 1 aromatic rings.